The molecule has 104 valence electrons. The summed E-state index contributed by atoms with van der Waals surface area (Å²) in [6.07, 6.45) is 0. The summed E-state index contributed by atoms with van der Waals surface area (Å²) in [6.45, 7) is 3.81. The van der Waals surface area contributed by atoms with Gasteiger partial charge in [0.1, 0.15) is 5.82 Å². The Morgan fingerprint density at radius 1 is 1.15 bits per heavy atom. The summed E-state index contributed by atoms with van der Waals surface area (Å²) in [6, 6.07) is 10.4. The highest BCUT2D eigenvalue weighted by molar-refractivity contribution is 7.80. The highest BCUT2D eigenvalue weighted by Crippen LogP contribution is 2.25. The van der Waals surface area contributed by atoms with Crippen LogP contribution in [0.1, 0.15) is 11.1 Å². The van der Waals surface area contributed by atoms with Gasteiger partial charge in [0.15, 0.2) is 5.11 Å². The van der Waals surface area contributed by atoms with Crippen LogP contribution in [0.4, 0.5) is 15.8 Å². The van der Waals surface area contributed by atoms with Gasteiger partial charge in [-0.25, -0.2) is 4.39 Å². The van der Waals surface area contributed by atoms with Crippen LogP contribution >= 0.6 is 23.8 Å². The van der Waals surface area contributed by atoms with Gasteiger partial charge in [-0.05, 0) is 55.4 Å². The predicted octanol–water partition coefficient (Wildman–Crippen LogP) is 4.90. The Labute approximate surface area is 128 Å². The Morgan fingerprint density at radius 2 is 1.90 bits per heavy atom. The van der Waals surface area contributed by atoms with Gasteiger partial charge in [-0.3, -0.25) is 0 Å². The van der Waals surface area contributed by atoms with Crippen LogP contribution in [0.25, 0.3) is 0 Å². The number of hydrogen-bond donors (Lipinski definition) is 2. The summed E-state index contributed by atoms with van der Waals surface area (Å²) < 4.78 is 13.7. The first-order chi connectivity index (χ1) is 9.47. The van der Waals surface area contributed by atoms with Gasteiger partial charge in [0.2, 0.25) is 0 Å². The van der Waals surface area contributed by atoms with E-state index in [-0.39, 0.29) is 5.82 Å². The van der Waals surface area contributed by atoms with E-state index in [0.717, 1.165) is 16.8 Å². The van der Waals surface area contributed by atoms with Gasteiger partial charge >= 0.3 is 0 Å². The number of para-hydroxylation sites is 1. The number of thiocarbonyl (C=S) groups is 1. The Bertz CT molecular complexity index is 638. The number of anilines is 2. The van der Waals surface area contributed by atoms with E-state index in [4.69, 9.17) is 23.8 Å². The van der Waals surface area contributed by atoms with Crippen LogP contribution in [0.2, 0.25) is 5.02 Å². The number of rotatable bonds is 2. The molecule has 0 aliphatic rings. The van der Waals surface area contributed by atoms with Gasteiger partial charge < -0.3 is 10.6 Å². The SMILES string of the molecule is Cc1ccc(F)c(NC(=S)Nc2c(C)cccc2Cl)c1. The topological polar surface area (TPSA) is 24.1 Å². The zero-order valence-corrected chi connectivity index (χ0v) is 12.7. The maximum atomic E-state index is 13.7. The van der Waals surface area contributed by atoms with Crippen molar-refractivity contribution in [3.8, 4) is 0 Å². The van der Waals surface area contributed by atoms with E-state index >= 15 is 0 Å². The number of halogens is 2. The maximum Gasteiger partial charge on any atom is 0.175 e. The molecule has 0 fully saturated rings. The molecule has 0 aliphatic heterocycles. The molecule has 0 radical (unpaired) electrons. The van der Waals surface area contributed by atoms with Gasteiger partial charge in [0.25, 0.3) is 0 Å². The molecule has 0 atom stereocenters. The fourth-order valence-corrected chi connectivity index (χ4v) is 2.27. The third-order valence-corrected chi connectivity index (χ3v) is 3.35. The monoisotopic (exact) mass is 308 g/mol. The first-order valence-electron chi connectivity index (χ1n) is 6.06. The minimum atomic E-state index is -0.351. The highest BCUT2D eigenvalue weighted by atomic mass is 35.5. The summed E-state index contributed by atoms with van der Waals surface area (Å²) in [5.74, 6) is -0.351. The van der Waals surface area contributed by atoms with E-state index in [1.54, 1.807) is 18.2 Å². The van der Waals surface area contributed by atoms with Crippen LogP contribution in [0.5, 0.6) is 0 Å². The standard InChI is InChI=1S/C15H14ClFN2S/c1-9-6-7-12(17)13(8-9)18-15(20)19-14-10(2)4-3-5-11(14)16/h3-8H,1-2H3,(H2,18,19,20). The maximum absolute atomic E-state index is 13.7. The van der Waals surface area contributed by atoms with Crippen molar-refractivity contribution >= 4 is 40.3 Å². The Morgan fingerprint density at radius 3 is 2.60 bits per heavy atom. The van der Waals surface area contributed by atoms with Crippen molar-refractivity contribution in [1.82, 2.24) is 0 Å². The van der Waals surface area contributed by atoms with Gasteiger partial charge in [-0.1, -0.05) is 29.8 Å². The van der Waals surface area contributed by atoms with Crippen LogP contribution in [0.3, 0.4) is 0 Å². The molecule has 2 aromatic rings. The molecule has 2 aromatic carbocycles. The van der Waals surface area contributed by atoms with Crippen LogP contribution < -0.4 is 10.6 Å². The Kier molecular flexibility index (Phi) is 4.57. The van der Waals surface area contributed by atoms with Crippen molar-refractivity contribution in [2.75, 3.05) is 10.6 Å². The Hall–Kier alpha value is -1.65. The average molecular weight is 309 g/mol. The zero-order valence-electron chi connectivity index (χ0n) is 11.1. The zero-order chi connectivity index (χ0) is 14.7. The average Bonchev–Trinajstić information content (AvgIpc) is 2.38. The lowest BCUT2D eigenvalue weighted by Gasteiger charge is -2.14. The lowest BCUT2D eigenvalue weighted by atomic mass is 10.2. The summed E-state index contributed by atoms with van der Waals surface area (Å²) in [5, 5.41) is 6.70. The molecule has 0 unspecified atom stereocenters. The summed E-state index contributed by atoms with van der Waals surface area (Å²) in [7, 11) is 0. The second kappa shape index (κ2) is 6.20. The van der Waals surface area contributed by atoms with Crippen molar-refractivity contribution in [3.05, 3.63) is 58.4 Å². The highest BCUT2D eigenvalue weighted by Gasteiger charge is 2.08. The van der Waals surface area contributed by atoms with Crippen molar-refractivity contribution in [2.45, 2.75) is 13.8 Å². The van der Waals surface area contributed by atoms with Gasteiger partial charge in [0, 0.05) is 0 Å². The van der Waals surface area contributed by atoms with E-state index in [0.29, 0.717) is 15.8 Å². The quantitative estimate of drug-likeness (QED) is 0.771. The molecule has 5 heteroatoms. The third kappa shape index (κ3) is 3.46. The molecule has 0 amide bonds. The molecule has 2 nitrogen and oxygen atoms in total. The molecule has 0 saturated carbocycles. The first kappa shape index (κ1) is 14.8. The van der Waals surface area contributed by atoms with Crippen molar-refractivity contribution in [2.24, 2.45) is 0 Å². The van der Waals surface area contributed by atoms with Crippen molar-refractivity contribution in [1.29, 1.82) is 0 Å². The Balaban J connectivity index is 2.15. The second-order valence-electron chi connectivity index (χ2n) is 4.49. The summed E-state index contributed by atoms with van der Waals surface area (Å²) >= 11 is 11.3. The summed E-state index contributed by atoms with van der Waals surface area (Å²) in [4.78, 5) is 0. The summed E-state index contributed by atoms with van der Waals surface area (Å²) in [5.41, 5.74) is 2.98. The van der Waals surface area contributed by atoms with Crippen LogP contribution in [0.15, 0.2) is 36.4 Å². The van der Waals surface area contributed by atoms with Crippen LogP contribution in [-0.2, 0) is 0 Å². The molecular formula is C15H14ClFN2S. The van der Waals surface area contributed by atoms with Gasteiger partial charge in [0.05, 0.1) is 16.4 Å². The van der Waals surface area contributed by atoms with Gasteiger partial charge in [-0.15, -0.1) is 0 Å². The lowest BCUT2D eigenvalue weighted by Crippen LogP contribution is -2.20. The van der Waals surface area contributed by atoms with E-state index < -0.39 is 0 Å². The molecule has 2 N–H and O–H groups in total. The number of nitrogens with one attached hydrogen (secondary N) is 2. The normalized spacial score (nSPS) is 10.2. The predicted molar refractivity (Wildman–Crippen MR) is 87.2 cm³/mol. The van der Waals surface area contributed by atoms with E-state index in [1.165, 1.54) is 6.07 Å². The van der Waals surface area contributed by atoms with E-state index in [2.05, 4.69) is 10.6 Å². The molecular weight excluding hydrogens is 295 g/mol. The van der Waals surface area contributed by atoms with Crippen LogP contribution in [-0.4, -0.2) is 5.11 Å². The molecule has 0 saturated heterocycles. The van der Waals surface area contributed by atoms with Crippen molar-refractivity contribution < 1.29 is 4.39 Å². The molecule has 0 aromatic heterocycles. The third-order valence-electron chi connectivity index (χ3n) is 2.83. The number of aryl methyl sites for hydroxylation is 2. The minimum Gasteiger partial charge on any atom is -0.331 e. The fourth-order valence-electron chi connectivity index (χ4n) is 1.79. The number of benzene rings is 2. The molecule has 0 heterocycles. The minimum absolute atomic E-state index is 0.297. The largest absolute Gasteiger partial charge is 0.331 e. The molecule has 0 aliphatic carbocycles. The molecule has 2 rings (SSSR count). The molecule has 20 heavy (non-hydrogen) atoms. The molecule has 0 bridgehead atoms. The number of hydrogen-bond acceptors (Lipinski definition) is 1. The van der Waals surface area contributed by atoms with E-state index in [1.807, 2.05) is 26.0 Å². The fraction of sp³-hybridized carbons (Fsp3) is 0.133. The van der Waals surface area contributed by atoms with E-state index in [9.17, 15) is 4.39 Å². The molecule has 0 spiro atoms. The van der Waals surface area contributed by atoms with Crippen LogP contribution in [0, 0.1) is 19.7 Å². The smallest absolute Gasteiger partial charge is 0.175 e. The second-order valence-corrected chi connectivity index (χ2v) is 5.31. The lowest BCUT2D eigenvalue weighted by molar-refractivity contribution is 0.632. The van der Waals surface area contributed by atoms with Crippen molar-refractivity contribution in [3.63, 3.8) is 0 Å². The first-order valence-corrected chi connectivity index (χ1v) is 6.85. The van der Waals surface area contributed by atoms with Gasteiger partial charge in [-0.2, -0.15) is 0 Å².